The lowest BCUT2D eigenvalue weighted by molar-refractivity contribution is 0.308. The summed E-state index contributed by atoms with van der Waals surface area (Å²) in [5.74, 6) is 3.01. The van der Waals surface area contributed by atoms with Gasteiger partial charge in [0.1, 0.15) is 0 Å². The molecule has 2 aliphatic rings. The Morgan fingerprint density at radius 2 is 1.36 bits per heavy atom. The summed E-state index contributed by atoms with van der Waals surface area (Å²) in [5.41, 5.74) is 6.06. The molecule has 2 aromatic carbocycles. The van der Waals surface area contributed by atoms with Gasteiger partial charge in [0.25, 0.3) is 0 Å². The largest absolute Gasteiger partial charge is 0.0876 e. The third-order valence-electron chi connectivity index (χ3n) is 8.86. The van der Waals surface area contributed by atoms with Crippen LogP contribution in [0.3, 0.4) is 0 Å². The first-order valence-electron chi connectivity index (χ1n) is 15.3. The first kappa shape index (κ1) is 27.0. The van der Waals surface area contributed by atoms with Gasteiger partial charge in [-0.15, -0.1) is 0 Å². The van der Waals surface area contributed by atoms with Gasteiger partial charge < -0.3 is 0 Å². The van der Waals surface area contributed by atoms with Crippen LogP contribution in [-0.2, 0) is 12.8 Å². The molecule has 2 atom stereocenters. The quantitative estimate of drug-likeness (QED) is 0.208. The first-order valence-corrected chi connectivity index (χ1v) is 15.3. The van der Waals surface area contributed by atoms with E-state index in [1.807, 2.05) is 0 Å². The predicted molar refractivity (Wildman–Crippen MR) is 158 cm³/mol. The van der Waals surface area contributed by atoms with E-state index < -0.39 is 0 Å². The van der Waals surface area contributed by atoms with Crippen LogP contribution in [0, 0.1) is 11.8 Å². The van der Waals surface area contributed by atoms with E-state index in [4.69, 9.17) is 0 Å². The van der Waals surface area contributed by atoms with Crippen LogP contribution in [0.4, 0.5) is 0 Å². The van der Waals surface area contributed by atoms with Crippen molar-refractivity contribution in [1.29, 1.82) is 0 Å². The van der Waals surface area contributed by atoms with Gasteiger partial charge in [-0.2, -0.15) is 0 Å². The number of aryl methyl sites for hydroxylation is 2. The lowest BCUT2D eigenvalue weighted by Gasteiger charge is -2.28. The van der Waals surface area contributed by atoms with Crippen molar-refractivity contribution in [2.45, 2.75) is 116 Å². The zero-order valence-corrected chi connectivity index (χ0v) is 23.1. The molecule has 0 heteroatoms. The summed E-state index contributed by atoms with van der Waals surface area (Å²) < 4.78 is 0. The number of rotatable bonds is 12. The topological polar surface area (TPSA) is 0 Å². The minimum atomic E-state index is 0.597. The molecule has 0 heterocycles. The molecule has 2 unspecified atom stereocenters. The average Bonchev–Trinajstić information content (AvgIpc) is 2.93. The maximum Gasteiger partial charge on any atom is 0.00185 e. The van der Waals surface area contributed by atoms with Gasteiger partial charge in [0.15, 0.2) is 0 Å². The van der Waals surface area contributed by atoms with Gasteiger partial charge >= 0.3 is 0 Å². The van der Waals surface area contributed by atoms with Crippen LogP contribution in [0.25, 0.3) is 0 Å². The smallest absolute Gasteiger partial charge is 0.00185 e. The molecule has 0 N–H and O–H groups in total. The van der Waals surface area contributed by atoms with Gasteiger partial charge in [-0.05, 0) is 104 Å². The highest BCUT2D eigenvalue weighted by Gasteiger charge is 2.21. The van der Waals surface area contributed by atoms with Crippen LogP contribution < -0.4 is 0 Å². The highest BCUT2D eigenvalue weighted by molar-refractivity contribution is 5.30. The summed E-state index contributed by atoms with van der Waals surface area (Å²) in [4.78, 5) is 0. The van der Waals surface area contributed by atoms with Crippen molar-refractivity contribution in [3.63, 3.8) is 0 Å². The summed E-state index contributed by atoms with van der Waals surface area (Å²) in [6.07, 6.45) is 28.3. The number of unbranched alkanes of at least 4 members (excludes halogenated alkanes) is 2. The van der Waals surface area contributed by atoms with Crippen molar-refractivity contribution in [3.8, 4) is 0 Å². The molecule has 0 bridgehead atoms. The maximum atomic E-state index is 2.46. The molecule has 0 saturated heterocycles. The Morgan fingerprint density at radius 1 is 0.667 bits per heavy atom. The van der Waals surface area contributed by atoms with Gasteiger partial charge in [0.2, 0.25) is 0 Å². The number of allylic oxidation sites excluding steroid dienone is 4. The third kappa shape index (κ3) is 8.22. The van der Waals surface area contributed by atoms with Crippen LogP contribution >= 0.6 is 0 Å². The van der Waals surface area contributed by atoms with E-state index in [9.17, 15) is 0 Å². The van der Waals surface area contributed by atoms with E-state index in [0.717, 1.165) is 24.7 Å². The van der Waals surface area contributed by atoms with Crippen LogP contribution in [0.15, 0.2) is 72.8 Å². The molecule has 0 aromatic heterocycles. The number of hydrogen-bond donors (Lipinski definition) is 0. The summed E-state index contributed by atoms with van der Waals surface area (Å²) in [7, 11) is 0. The van der Waals surface area contributed by atoms with E-state index >= 15 is 0 Å². The molecule has 36 heavy (non-hydrogen) atoms. The zero-order valence-electron chi connectivity index (χ0n) is 23.1. The molecule has 4 rings (SSSR count). The Hall–Kier alpha value is -2.08. The number of hydrogen-bond acceptors (Lipinski definition) is 0. The van der Waals surface area contributed by atoms with Gasteiger partial charge in [-0.1, -0.05) is 112 Å². The Morgan fingerprint density at radius 3 is 2.00 bits per heavy atom. The van der Waals surface area contributed by atoms with Crippen molar-refractivity contribution < 1.29 is 0 Å². The van der Waals surface area contributed by atoms with Gasteiger partial charge in [0.05, 0.1) is 0 Å². The minimum absolute atomic E-state index is 0.597. The average molecular weight is 483 g/mol. The normalized spacial score (nSPS) is 24.4. The Balaban J connectivity index is 1.17. The molecular formula is C36H50. The highest BCUT2D eigenvalue weighted by atomic mass is 14.3. The van der Waals surface area contributed by atoms with Crippen LogP contribution in [-0.4, -0.2) is 0 Å². The summed E-state index contributed by atoms with van der Waals surface area (Å²) >= 11 is 0. The second-order valence-corrected chi connectivity index (χ2v) is 11.6. The van der Waals surface area contributed by atoms with E-state index in [0.29, 0.717) is 11.8 Å². The SMILES string of the molecule is CCCCCc1ccc(C2C=CC(/C=C/CCc3ccc(C4CCC(CCC)CC4)cc3)CC2)cc1. The third-order valence-corrected chi connectivity index (χ3v) is 8.86. The van der Waals surface area contributed by atoms with Gasteiger partial charge in [-0.25, -0.2) is 0 Å². The van der Waals surface area contributed by atoms with Crippen LogP contribution in [0.1, 0.15) is 125 Å². The summed E-state index contributed by atoms with van der Waals surface area (Å²) in [6, 6.07) is 19.1. The van der Waals surface area contributed by atoms with Crippen molar-refractivity contribution >= 4 is 0 Å². The zero-order chi connectivity index (χ0) is 25.0. The highest BCUT2D eigenvalue weighted by Crippen LogP contribution is 2.37. The Labute approximate surface area is 222 Å². The molecule has 0 aliphatic heterocycles. The molecule has 0 amide bonds. The predicted octanol–water partition coefficient (Wildman–Crippen LogP) is 10.7. The summed E-state index contributed by atoms with van der Waals surface area (Å²) in [5, 5.41) is 0. The molecule has 0 nitrogen and oxygen atoms in total. The summed E-state index contributed by atoms with van der Waals surface area (Å²) in [6.45, 7) is 4.61. The fourth-order valence-electron chi connectivity index (χ4n) is 6.46. The van der Waals surface area contributed by atoms with E-state index in [2.05, 4.69) is 86.7 Å². The van der Waals surface area contributed by atoms with Crippen LogP contribution in [0.5, 0.6) is 0 Å². The Bertz CT molecular complexity index is 921. The van der Waals surface area contributed by atoms with Gasteiger partial charge in [-0.3, -0.25) is 0 Å². The van der Waals surface area contributed by atoms with Crippen molar-refractivity contribution in [2.24, 2.45) is 11.8 Å². The second-order valence-electron chi connectivity index (χ2n) is 11.6. The molecule has 0 spiro atoms. The van der Waals surface area contributed by atoms with Gasteiger partial charge in [0, 0.05) is 5.92 Å². The molecule has 0 radical (unpaired) electrons. The van der Waals surface area contributed by atoms with Crippen molar-refractivity contribution in [2.75, 3.05) is 0 Å². The second kappa shape index (κ2) is 14.6. The van der Waals surface area contributed by atoms with Crippen molar-refractivity contribution in [3.05, 3.63) is 95.1 Å². The molecule has 2 aromatic rings. The van der Waals surface area contributed by atoms with E-state index in [-0.39, 0.29) is 0 Å². The standard InChI is InChI=1S/C36H50/c1-3-5-6-10-30-15-23-35(24-16-30)36-27-19-32(20-28-36)12-8-7-11-31-17-25-34(26-18-31)33-21-13-29(9-4-2)14-22-33/h8,12,15-19,23-27,29,32-33,36H,3-7,9-11,13-14,20-22,28H2,1-2H3/b12-8+. The van der Waals surface area contributed by atoms with E-state index in [1.165, 1.54) is 93.7 Å². The lowest BCUT2D eigenvalue weighted by Crippen LogP contribution is -2.13. The molecule has 1 saturated carbocycles. The molecule has 194 valence electrons. The monoisotopic (exact) mass is 482 g/mol. The Kier molecular flexibility index (Phi) is 10.9. The minimum Gasteiger partial charge on any atom is -0.0876 e. The maximum absolute atomic E-state index is 2.46. The first-order chi connectivity index (χ1) is 17.7. The molecular weight excluding hydrogens is 432 g/mol. The fraction of sp³-hybridized carbons (Fsp3) is 0.556. The molecule has 2 aliphatic carbocycles. The number of benzene rings is 2. The van der Waals surface area contributed by atoms with Crippen molar-refractivity contribution in [1.82, 2.24) is 0 Å². The molecule has 1 fully saturated rings. The van der Waals surface area contributed by atoms with Crippen LogP contribution in [0.2, 0.25) is 0 Å². The van der Waals surface area contributed by atoms with E-state index in [1.54, 1.807) is 5.56 Å². The fourth-order valence-corrected chi connectivity index (χ4v) is 6.46. The lowest BCUT2D eigenvalue weighted by atomic mass is 9.77.